The predicted octanol–water partition coefficient (Wildman–Crippen LogP) is 2.87. The van der Waals surface area contributed by atoms with Gasteiger partial charge in [0.25, 0.3) is 0 Å². The second-order valence-electron chi connectivity index (χ2n) is 6.03. The molecule has 0 aliphatic heterocycles. The Bertz CT molecular complexity index is 598. The van der Waals surface area contributed by atoms with Crippen molar-refractivity contribution in [2.24, 2.45) is 5.92 Å². The van der Waals surface area contributed by atoms with Crippen molar-refractivity contribution in [2.45, 2.75) is 44.2 Å². The zero-order valence-electron chi connectivity index (χ0n) is 12.8. The maximum atomic E-state index is 12.6. The lowest BCUT2D eigenvalue weighted by Crippen LogP contribution is -2.29. The van der Waals surface area contributed by atoms with Gasteiger partial charge in [0.05, 0.1) is 5.02 Å². The van der Waals surface area contributed by atoms with Gasteiger partial charge in [-0.05, 0) is 36.5 Å². The summed E-state index contributed by atoms with van der Waals surface area (Å²) in [6.45, 7) is 5.31. The molecule has 1 N–H and O–H groups in total. The Morgan fingerprint density at radius 3 is 2.62 bits per heavy atom. The second kappa shape index (κ2) is 6.65. The number of benzene rings is 1. The maximum absolute atomic E-state index is 12.6. The van der Waals surface area contributed by atoms with Crippen LogP contribution in [-0.2, 0) is 16.6 Å². The van der Waals surface area contributed by atoms with Crippen molar-refractivity contribution < 1.29 is 8.42 Å². The van der Waals surface area contributed by atoms with Gasteiger partial charge >= 0.3 is 0 Å². The minimum atomic E-state index is -3.51. The lowest BCUT2D eigenvalue weighted by Gasteiger charge is -2.18. The van der Waals surface area contributed by atoms with Crippen LogP contribution in [-0.4, -0.2) is 32.4 Å². The fraction of sp³-hybridized carbons (Fsp3) is 0.600. The van der Waals surface area contributed by atoms with Crippen molar-refractivity contribution in [1.82, 2.24) is 9.62 Å². The van der Waals surface area contributed by atoms with Crippen LogP contribution in [0.1, 0.15) is 32.3 Å². The maximum Gasteiger partial charge on any atom is 0.244 e. The average Bonchev–Trinajstić information content (AvgIpc) is 3.21. The third-order valence-corrected chi connectivity index (χ3v) is 5.92. The molecule has 1 aliphatic rings. The molecular weight excluding hydrogens is 308 g/mol. The highest BCUT2D eigenvalue weighted by molar-refractivity contribution is 7.89. The standard InChI is InChI=1S/C15H23ClN2O2S/c1-11(2)17-9-13-6-7-14(16)15(8-13)21(19,20)18(3)10-12-4-5-12/h6-8,11-12,17H,4-5,9-10H2,1-3H3. The molecule has 0 bridgehead atoms. The average molecular weight is 331 g/mol. The molecule has 1 fully saturated rings. The van der Waals surface area contributed by atoms with Crippen LogP contribution < -0.4 is 5.32 Å². The molecule has 0 amide bonds. The van der Waals surface area contributed by atoms with Gasteiger partial charge < -0.3 is 5.32 Å². The number of hydrogen-bond donors (Lipinski definition) is 1. The quantitative estimate of drug-likeness (QED) is 0.836. The molecule has 0 saturated heterocycles. The summed E-state index contributed by atoms with van der Waals surface area (Å²) in [5.74, 6) is 0.509. The Morgan fingerprint density at radius 2 is 2.05 bits per heavy atom. The summed E-state index contributed by atoms with van der Waals surface area (Å²) in [5, 5.41) is 3.56. The number of sulfonamides is 1. The van der Waals surface area contributed by atoms with Crippen LogP contribution in [0.15, 0.2) is 23.1 Å². The Labute approximate surface area is 132 Å². The highest BCUT2D eigenvalue weighted by Crippen LogP contribution is 2.32. The van der Waals surface area contributed by atoms with Gasteiger partial charge in [-0.2, -0.15) is 0 Å². The van der Waals surface area contributed by atoms with E-state index in [4.69, 9.17) is 11.6 Å². The molecule has 0 aromatic heterocycles. The molecule has 2 rings (SSSR count). The third kappa shape index (κ3) is 4.42. The van der Waals surface area contributed by atoms with E-state index in [1.807, 2.05) is 6.07 Å². The normalized spacial score (nSPS) is 15.9. The topological polar surface area (TPSA) is 49.4 Å². The van der Waals surface area contributed by atoms with Crippen molar-refractivity contribution in [3.05, 3.63) is 28.8 Å². The van der Waals surface area contributed by atoms with E-state index >= 15 is 0 Å². The fourth-order valence-corrected chi connectivity index (χ4v) is 3.88. The second-order valence-corrected chi connectivity index (χ2v) is 8.45. The first-order valence-corrected chi connectivity index (χ1v) is 9.10. The van der Waals surface area contributed by atoms with E-state index in [-0.39, 0.29) is 9.92 Å². The summed E-state index contributed by atoms with van der Waals surface area (Å²) in [6.07, 6.45) is 2.23. The molecule has 21 heavy (non-hydrogen) atoms. The van der Waals surface area contributed by atoms with Gasteiger partial charge in [-0.25, -0.2) is 12.7 Å². The lowest BCUT2D eigenvalue weighted by atomic mass is 10.2. The molecule has 1 aromatic rings. The van der Waals surface area contributed by atoms with E-state index in [2.05, 4.69) is 19.2 Å². The van der Waals surface area contributed by atoms with E-state index < -0.39 is 10.0 Å². The highest BCUT2D eigenvalue weighted by atomic mass is 35.5. The fourth-order valence-electron chi connectivity index (χ4n) is 2.11. The van der Waals surface area contributed by atoms with Crippen LogP contribution in [0.5, 0.6) is 0 Å². The number of nitrogens with one attached hydrogen (secondary N) is 1. The Hall–Kier alpha value is -0.620. The molecular formula is C15H23ClN2O2S. The first kappa shape index (κ1) is 16.7. The number of hydrogen-bond acceptors (Lipinski definition) is 3. The van der Waals surface area contributed by atoms with E-state index in [0.29, 0.717) is 25.0 Å². The van der Waals surface area contributed by atoms with Gasteiger partial charge in [-0.3, -0.25) is 0 Å². The number of nitrogens with zero attached hydrogens (tertiary/aromatic N) is 1. The summed E-state index contributed by atoms with van der Waals surface area (Å²) >= 11 is 6.11. The van der Waals surface area contributed by atoms with Crippen molar-refractivity contribution in [3.8, 4) is 0 Å². The van der Waals surface area contributed by atoms with Crippen molar-refractivity contribution in [3.63, 3.8) is 0 Å². The predicted molar refractivity (Wildman–Crippen MR) is 86.0 cm³/mol. The zero-order chi connectivity index (χ0) is 15.6. The van der Waals surface area contributed by atoms with Crippen LogP contribution >= 0.6 is 11.6 Å². The summed E-state index contributed by atoms with van der Waals surface area (Å²) < 4.78 is 26.7. The number of halogens is 1. The van der Waals surface area contributed by atoms with Gasteiger partial charge in [0.15, 0.2) is 0 Å². The molecule has 118 valence electrons. The van der Waals surface area contributed by atoms with Gasteiger partial charge in [0.2, 0.25) is 10.0 Å². The summed E-state index contributed by atoms with van der Waals surface area (Å²) in [5.41, 5.74) is 0.923. The Balaban J connectivity index is 2.21. The van der Waals surface area contributed by atoms with Crippen LogP contribution in [0.3, 0.4) is 0 Å². The molecule has 0 radical (unpaired) electrons. The van der Waals surface area contributed by atoms with E-state index in [1.165, 1.54) is 4.31 Å². The summed E-state index contributed by atoms with van der Waals surface area (Å²) in [7, 11) is -1.88. The minimum Gasteiger partial charge on any atom is -0.310 e. The van der Waals surface area contributed by atoms with Crippen LogP contribution in [0, 0.1) is 5.92 Å². The summed E-state index contributed by atoms with van der Waals surface area (Å²) in [4.78, 5) is 0.204. The smallest absolute Gasteiger partial charge is 0.244 e. The van der Waals surface area contributed by atoms with Crippen molar-refractivity contribution in [2.75, 3.05) is 13.6 Å². The van der Waals surface area contributed by atoms with E-state index in [1.54, 1.807) is 19.2 Å². The van der Waals surface area contributed by atoms with Gasteiger partial charge in [-0.15, -0.1) is 0 Å². The monoisotopic (exact) mass is 330 g/mol. The minimum absolute atomic E-state index is 0.204. The molecule has 6 heteroatoms. The molecule has 1 aliphatic carbocycles. The highest BCUT2D eigenvalue weighted by Gasteiger charge is 2.30. The van der Waals surface area contributed by atoms with Crippen LogP contribution in [0.2, 0.25) is 5.02 Å². The van der Waals surface area contributed by atoms with Gasteiger partial charge in [0, 0.05) is 26.2 Å². The van der Waals surface area contributed by atoms with Gasteiger partial charge in [-0.1, -0.05) is 31.5 Å². The van der Waals surface area contributed by atoms with E-state index in [0.717, 1.165) is 18.4 Å². The third-order valence-electron chi connectivity index (χ3n) is 3.61. The largest absolute Gasteiger partial charge is 0.310 e. The first-order valence-electron chi connectivity index (χ1n) is 7.29. The molecule has 1 saturated carbocycles. The SMILES string of the molecule is CC(C)NCc1ccc(Cl)c(S(=O)(=O)N(C)CC2CC2)c1. The van der Waals surface area contributed by atoms with Crippen molar-refractivity contribution in [1.29, 1.82) is 0 Å². The molecule has 0 unspecified atom stereocenters. The summed E-state index contributed by atoms with van der Waals surface area (Å²) in [6, 6.07) is 5.54. The molecule has 1 aromatic carbocycles. The van der Waals surface area contributed by atoms with Crippen LogP contribution in [0.25, 0.3) is 0 Å². The van der Waals surface area contributed by atoms with Crippen molar-refractivity contribution >= 4 is 21.6 Å². The lowest BCUT2D eigenvalue weighted by molar-refractivity contribution is 0.453. The molecule has 0 spiro atoms. The van der Waals surface area contributed by atoms with Gasteiger partial charge in [0.1, 0.15) is 4.90 Å². The zero-order valence-corrected chi connectivity index (χ0v) is 14.3. The number of rotatable bonds is 7. The molecule has 0 atom stereocenters. The first-order chi connectivity index (χ1) is 9.80. The Morgan fingerprint density at radius 1 is 1.38 bits per heavy atom. The van der Waals surface area contributed by atoms with Crippen LogP contribution in [0.4, 0.5) is 0 Å². The Kier molecular flexibility index (Phi) is 5.30. The van der Waals surface area contributed by atoms with E-state index in [9.17, 15) is 8.42 Å². The molecule has 0 heterocycles. The molecule has 4 nitrogen and oxygen atoms in total.